The number of thiophene rings is 1. The second-order valence-electron chi connectivity index (χ2n) is 4.82. The fourth-order valence-corrected chi connectivity index (χ4v) is 2.71. The van der Waals surface area contributed by atoms with Gasteiger partial charge in [0.05, 0.1) is 7.11 Å². The molecular weight excluding hydrogens is 294 g/mol. The summed E-state index contributed by atoms with van der Waals surface area (Å²) in [6.45, 7) is 1.22. The smallest absolute Gasteiger partial charge is 0.349 e. The Kier molecular flexibility index (Phi) is 4.95. The van der Waals surface area contributed by atoms with E-state index in [1.54, 1.807) is 0 Å². The highest BCUT2D eigenvalue weighted by molar-refractivity contribution is 7.12. The molecule has 6 nitrogen and oxygen atoms in total. The number of hydrogen-bond donors (Lipinski definition) is 1. The maximum atomic E-state index is 12.1. The van der Waals surface area contributed by atoms with E-state index in [-0.39, 0.29) is 6.54 Å². The summed E-state index contributed by atoms with van der Waals surface area (Å²) in [7, 11) is 1.23. The summed E-state index contributed by atoms with van der Waals surface area (Å²) in [6.07, 6.45) is 1.22. The van der Waals surface area contributed by atoms with Gasteiger partial charge in [-0.3, -0.25) is 9.59 Å². The predicted octanol–water partition coefficient (Wildman–Crippen LogP) is 1.46. The number of nitrogens with one attached hydrogen (secondary N) is 1. The van der Waals surface area contributed by atoms with Crippen molar-refractivity contribution in [3.63, 3.8) is 0 Å². The van der Waals surface area contributed by atoms with Gasteiger partial charge in [0.15, 0.2) is 6.10 Å². The van der Waals surface area contributed by atoms with Gasteiger partial charge in [-0.2, -0.15) is 0 Å². The minimum Gasteiger partial charge on any atom is -0.468 e. The summed E-state index contributed by atoms with van der Waals surface area (Å²) in [5.74, 6) is -1.13. The molecule has 21 heavy (non-hydrogen) atoms. The fraction of sp³-hybridized carbons (Fsp3) is 0.500. The molecule has 0 aromatic carbocycles. The predicted molar refractivity (Wildman–Crippen MR) is 76.2 cm³/mol. The summed E-state index contributed by atoms with van der Waals surface area (Å²) < 4.78 is 9.56. The number of methoxy groups -OCH3 is 1. The van der Waals surface area contributed by atoms with Crippen molar-refractivity contribution in [1.29, 1.82) is 0 Å². The molecule has 1 aromatic heterocycles. The minimum absolute atomic E-state index is 0.246. The average Bonchev–Trinajstić information content (AvgIpc) is 3.20. The van der Waals surface area contributed by atoms with Gasteiger partial charge in [0.25, 0.3) is 5.91 Å². The standard InChI is InChI=1S/C14H17NO5S/c1-8(13(17)15-7-11(16)19-2)20-14(18)12-10(5-6-21-12)9-3-4-9/h5-6,8-9H,3-4,7H2,1-2H3,(H,15,17)/t8-/m0/s1. The van der Waals surface area contributed by atoms with Gasteiger partial charge >= 0.3 is 11.9 Å². The van der Waals surface area contributed by atoms with E-state index in [0.717, 1.165) is 18.4 Å². The lowest BCUT2D eigenvalue weighted by Crippen LogP contribution is -2.38. The normalized spacial score (nSPS) is 15.1. The molecule has 0 spiro atoms. The van der Waals surface area contributed by atoms with Crippen LogP contribution in [0.3, 0.4) is 0 Å². The Morgan fingerprint density at radius 3 is 2.76 bits per heavy atom. The van der Waals surface area contributed by atoms with E-state index in [1.807, 2.05) is 11.4 Å². The van der Waals surface area contributed by atoms with E-state index in [4.69, 9.17) is 4.74 Å². The third-order valence-corrected chi connectivity index (χ3v) is 4.10. The van der Waals surface area contributed by atoms with E-state index >= 15 is 0 Å². The molecule has 7 heteroatoms. The van der Waals surface area contributed by atoms with Crippen LogP contribution in [0.1, 0.15) is 40.9 Å². The Bertz CT molecular complexity index is 549. The van der Waals surface area contributed by atoms with Crippen molar-refractivity contribution < 1.29 is 23.9 Å². The zero-order valence-electron chi connectivity index (χ0n) is 11.9. The van der Waals surface area contributed by atoms with Crippen molar-refractivity contribution >= 4 is 29.2 Å². The average molecular weight is 311 g/mol. The van der Waals surface area contributed by atoms with Crippen molar-refractivity contribution in [2.75, 3.05) is 13.7 Å². The maximum Gasteiger partial charge on any atom is 0.349 e. The Labute approximate surface area is 126 Å². The summed E-state index contributed by atoms with van der Waals surface area (Å²) >= 11 is 1.32. The van der Waals surface area contributed by atoms with Crippen LogP contribution in [0.2, 0.25) is 0 Å². The van der Waals surface area contributed by atoms with Crippen LogP contribution in [0.5, 0.6) is 0 Å². The summed E-state index contributed by atoms with van der Waals surface area (Å²) in [4.78, 5) is 35.3. The summed E-state index contributed by atoms with van der Waals surface area (Å²) in [6, 6.07) is 1.93. The first kappa shape index (κ1) is 15.5. The van der Waals surface area contributed by atoms with Crippen LogP contribution in [0.25, 0.3) is 0 Å². The molecule has 1 N–H and O–H groups in total. The molecule has 1 atom stereocenters. The van der Waals surface area contributed by atoms with E-state index in [0.29, 0.717) is 10.8 Å². The number of amides is 1. The van der Waals surface area contributed by atoms with Crippen LogP contribution in [0, 0.1) is 0 Å². The lowest BCUT2D eigenvalue weighted by atomic mass is 10.2. The number of carbonyl (C=O) groups excluding carboxylic acids is 3. The van der Waals surface area contributed by atoms with Crippen LogP contribution in [0.4, 0.5) is 0 Å². The van der Waals surface area contributed by atoms with Crippen LogP contribution in [-0.4, -0.2) is 37.6 Å². The van der Waals surface area contributed by atoms with E-state index in [2.05, 4.69) is 10.1 Å². The second-order valence-corrected chi connectivity index (χ2v) is 5.74. The molecule has 2 rings (SSSR count). The van der Waals surface area contributed by atoms with E-state index in [9.17, 15) is 14.4 Å². The number of ether oxygens (including phenoxy) is 2. The molecule has 1 amide bonds. The van der Waals surface area contributed by atoms with Gasteiger partial charge in [0.2, 0.25) is 0 Å². The topological polar surface area (TPSA) is 81.7 Å². The van der Waals surface area contributed by atoms with Gasteiger partial charge in [-0.1, -0.05) is 0 Å². The van der Waals surface area contributed by atoms with Crippen molar-refractivity contribution in [3.05, 3.63) is 21.9 Å². The minimum atomic E-state index is -0.962. The molecule has 1 aliphatic carbocycles. The first-order valence-electron chi connectivity index (χ1n) is 6.65. The van der Waals surface area contributed by atoms with E-state index < -0.39 is 23.9 Å². The Hall–Kier alpha value is -1.89. The number of hydrogen-bond acceptors (Lipinski definition) is 6. The highest BCUT2D eigenvalue weighted by Crippen LogP contribution is 2.43. The zero-order valence-corrected chi connectivity index (χ0v) is 12.7. The quantitative estimate of drug-likeness (QED) is 0.804. The molecule has 1 saturated carbocycles. The van der Waals surface area contributed by atoms with Gasteiger partial charge in [-0.05, 0) is 42.7 Å². The molecule has 0 radical (unpaired) electrons. The third-order valence-electron chi connectivity index (χ3n) is 3.19. The van der Waals surface area contributed by atoms with Crippen LogP contribution >= 0.6 is 11.3 Å². The molecule has 1 fully saturated rings. The molecule has 1 aromatic rings. The molecular formula is C14H17NO5S. The van der Waals surface area contributed by atoms with Gasteiger partial charge < -0.3 is 14.8 Å². The number of carbonyl (C=O) groups is 3. The second kappa shape index (κ2) is 6.71. The Morgan fingerprint density at radius 2 is 2.14 bits per heavy atom. The van der Waals surface area contributed by atoms with Gasteiger partial charge in [-0.15, -0.1) is 11.3 Å². The number of esters is 2. The van der Waals surface area contributed by atoms with Crippen LogP contribution < -0.4 is 5.32 Å². The van der Waals surface area contributed by atoms with Crippen molar-refractivity contribution in [2.45, 2.75) is 31.8 Å². The van der Waals surface area contributed by atoms with Gasteiger partial charge in [-0.25, -0.2) is 4.79 Å². The first-order valence-corrected chi connectivity index (χ1v) is 7.53. The lowest BCUT2D eigenvalue weighted by molar-refractivity contribution is -0.142. The zero-order chi connectivity index (χ0) is 15.4. The molecule has 0 unspecified atom stereocenters. The van der Waals surface area contributed by atoms with Crippen molar-refractivity contribution in [3.8, 4) is 0 Å². The van der Waals surface area contributed by atoms with Gasteiger partial charge in [0.1, 0.15) is 11.4 Å². The molecule has 114 valence electrons. The SMILES string of the molecule is COC(=O)CNC(=O)[C@H](C)OC(=O)c1sccc1C1CC1. The fourth-order valence-electron chi connectivity index (χ4n) is 1.84. The highest BCUT2D eigenvalue weighted by atomic mass is 32.1. The Morgan fingerprint density at radius 1 is 1.43 bits per heavy atom. The maximum absolute atomic E-state index is 12.1. The largest absolute Gasteiger partial charge is 0.468 e. The Balaban J connectivity index is 1.88. The number of rotatable bonds is 6. The van der Waals surface area contributed by atoms with Crippen molar-refractivity contribution in [2.24, 2.45) is 0 Å². The lowest BCUT2D eigenvalue weighted by Gasteiger charge is -2.13. The first-order chi connectivity index (χ1) is 10.0. The molecule has 0 aliphatic heterocycles. The highest BCUT2D eigenvalue weighted by Gasteiger charge is 2.30. The summed E-state index contributed by atoms with van der Waals surface area (Å²) in [5.41, 5.74) is 1.01. The molecule has 1 aliphatic rings. The van der Waals surface area contributed by atoms with Crippen LogP contribution in [0.15, 0.2) is 11.4 Å². The van der Waals surface area contributed by atoms with Gasteiger partial charge in [0, 0.05) is 0 Å². The van der Waals surface area contributed by atoms with Crippen LogP contribution in [-0.2, 0) is 19.1 Å². The monoisotopic (exact) mass is 311 g/mol. The molecule has 0 bridgehead atoms. The van der Waals surface area contributed by atoms with E-state index in [1.165, 1.54) is 25.4 Å². The molecule has 0 saturated heterocycles. The molecule has 1 heterocycles. The van der Waals surface area contributed by atoms with Crippen molar-refractivity contribution in [1.82, 2.24) is 5.32 Å². The summed E-state index contributed by atoms with van der Waals surface area (Å²) in [5, 5.41) is 4.20. The third kappa shape index (κ3) is 4.04.